The average Bonchev–Trinajstić information content (AvgIpc) is 2.54. The first-order valence-corrected chi connectivity index (χ1v) is 10.2. The van der Waals surface area contributed by atoms with Crippen molar-refractivity contribution >= 4 is 15.7 Å². The molecule has 128 valence electrons. The molecule has 5 nitrogen and oxygen atoms in total. The minimum absolute atomic E-state index is 0.0845. The molecule has 0 aromatic heterocycles. The Kier molecular flexibility index (Phi) is 6.18. The van der Waals surface area contributed by atoms with E-state index in [9.17, 15) is 13.2 Å². The van der Waals surface area contributed by atoms with Gasteiger partial charge in [-0.25, -0.2) is 8.42 Å². The van der Waals surface area contributed by atoms with E-state index in [-0.39, 0.29) is 17.6 Å². The summed E-state index contributed by atoms with van der Waals surface area (Å²) in [5.74, 6) is 0.281. The van der Waals surface area contributed by atoms with E-state index in [0.29, 0.717) is 19.6 Å². The third kappa shape index (κ3) is 5.32. The first kappa shape index (κ1) is 17.9. The Morgan fingerprint density at radius 3 is 2.26 bits per heavy atom. The van der Waals surface area contributed by atoms with Crippen LogP contribution >= 0.6 is 0 Å². The minimum atomic E-state index is -2.93. The molecule has 1 saturated heterocycles. The Labute approximate surface area is 139 Å². The van der Waals surface area contributed by atoms with Crippen LogP contribution in [-0.4, -0.2) is 68.9 Å². The van der Waals surface area contributed by atoms with E-state index >= 15 is 0 Å². The van der Waals surface area contributed by atoms with E-state index in [1.165, 1.54) is 6.26 Å². The number of rotatable bonds is 6. The summed E-state index contributed by atoms with van der Waals surface area (Å²) in [5.41, 5.74) is 1.07. The summed E-state index contributed by atoms with van der Waals surface area (Å²) in [6.07, 6.45) is 2.05. The molecule has 1 aliphatic rings. The van der Waals surface area contributed by atoms with Crippen LogP contribution in [0.5, 0.6) is 0 Å². The molecule has 23 heavy (non-hydrogen) atoms. The second kappa shape index (κ2) is 7.93. The molecule has 0 aliphatic carbocycles. The van der Waals surface area contributed by atoms with Crippen molar-refractivity contribution in [3.63, 3.8) is 0 Å². The van der Waals surface area contributed by atoms with Crippen LogP contribution in [0.1, 0.15) is 24.8 Å². The molecule has 2 rings (SSSR count). The van der Waals surface area contributed by atoms with Crippen molar-refractivity contribution in [3.05, 3.63) is 35.9 Å². The van der Waals surface area contributed by atoms with Gasteiger partial charge < -0.3 is 4.90 Å². The molecular formula is C17H26N2O3S. The van der Waals surface area contributed by atoms with Crippen LogP contribution in [0.15, 0.2) is 30.3 Å². The van der Waals surface area contributed by atoms with Crippen LogP contribution in [0.2, 0.25) is 0 Å². The number of hydrogen-bond donors (Lipinski definition) is 0. The molecule has 1 aromatic carbocycles. The van der Waals surface area contributed by atoms with Gasteiger partial charge in [0.05, 0.1) is 11.7 Å². The fourth-order valence-corrected chi connectivity index (χ4v) is 3.54. The normalized spacial score (nSPS) is 17.9. The number of benzene rings is 1. The van der Waals surface area contributed by atoms with E-state index in [4.69, 9.17) is 0 Å². The van der Waals surface area contributed by atoms with Crippen LogP contribution in [0.4, 0.5) is 0 Å². The van der Waals surface area contributed by atoms with Gasteiger partial charge in [0.1, 0.15) is 9.84 Å². The number of carbonyl (C=O) groups excluding carboxylic acids is 1. The largest absolute Gasteiger partial charge is 0.340 e. The smallest absolute Gasteiger partial charge is 0.230 e. The molecule has 0 spiro atoms. The van der Waals surface area contributed by atoms with Crippen LogP contribution in [0.25, 0.3) is 0 Å². The third-order valence-corrected chi connectivity index (χ3v) is 5.29. The molecule has 1 heterocycles. The Morgan fingerprint density at radius 2 is 1.74 bits per heavy atom. The molecule has 0 unspecified atom stereocenters. The average molecular weight is 338 g/mol. The second-order valence-electron chi connectivity index (χ2n) is 6.17. The SMILES string of the molecule is CC[C@@H](C(=O)N1CCN(CCS(C)(=O)=O)CC1)c1ccccc1. The zero-order chi connectivity index (χ0) is 16.9. The van der Waals surface area contributed by atoms with E-state index < -0.39 is 9.84 Å². The van der Waals surface area contributed by atoms with Gasteiger partial charge in [-0.15, -0.1) is 0 Å². The van der Waals surface area contributed by atoms with Crippen molar-refractivity contribution in [2.24, 2.45) is 0 Å². The Bertz CT molecular complexity index is 608. The van der Waals surface area contributed by atoms with Crippen molar-refractivity contribution in [3.8, 4) is 0 Å². The summed E-state index contributed by atoms with van der Waals surface area (Å²) in [4.78, 5) is 16.8. The first-order chi connectivity index (χ1) is 10.9. The monoisotopic (exact) mass is 338 g/mol. The fourth-order valence-electron chi connectivity index (χ4n) is 2.95. The topological polar surface area (TPSA) is 57.7 Å². The molecule has 1 atom stereocenters. The van der Waals surface area contributed by atoms with Gasteiger partial charge in [0.15, 0.2) is 0 Å². The Balaban J connectivity index is 1.90. The first-order valence-electron chi connectivity index (χ1n) is 8.14. The molecule has 1 aliphatic heterocycles. The van der Waals surface area contributed by atoms with Gasteiger partial charge in [-0.1, -0.05) is 37.3 Å². The molecule has 0 radical (unpaired) electrons. The van der Waals surface area contributed by atoms with E-state index in [1.54, 1.807) is 0 Å². The number of nitrogens with zero attached hydrogens (tertiary/aromatic N) is 2. The van der Waals surface area contributed by atoms with E-state index in [2.05, 4.69) is 4.90 Å². The van der Waals surface area contributed by atoms with E-state index in [0.717, 1.165) is 25.1 Å². The predicted octanol–water partition coefficient (Wildman–Crippen LogP) is 1.37. The maximum atomic E-state index is 12.8. The number of hydrogen-bond acceptors (Lipinski definition) is 4. The van der Waals surface area contributed by atoms with Gasteiger partial charge >= 0.3 is 0 Å². The predicted molar refractivity (Wildman–Crippen MR) is 92.2 cm³/mol. The standard InChI is InChI=1S/C17H26N2O3S/c1-3-16(15-7-5-4-6-8-15)17(20)19-11-9-18(10-12-19)13-14-23(2,21)22/h4-8,16H,3,9-14H2,1-2H3/t16-/m1/s1. The van der Waals surface area contributed by atoms with Crippen molar-refractivity contribution in [2.45, 2.75) is 19.3 Å². The lowest BCUT2D eigenvalue weighted by Gasteiger charge is -2.36. The molecule has 1 amide bonds. The summed E-state index contributed by atoms with van der Waals surface area (Å²) in [7, 11) is -2.93. The summed E-state index contributed by atoms with van der Waals surface area (Å²) < 4.78 is 22.5. The summed E-state index contributed by atoms with van der Waals surface area (Å²) in [5, 5.41) is 0. The zero-order valence-electron chi connectivity index (χ0n) is 13.9. The van der Waals surface area contributed by atoms with Gasteiger partial charge in [0.25, 0.3) is 0 Å². The number of amides is 1. The quantitative estimate of drug-likeness (QED) is 0.786. The lowest BCUT2D eigenvalue weighted by atomic mass is 9.95. The highest BCUT2D eigenvalue weighted by molar-refractivity contribution is 7.90. The molecule has 1 fully saturated rings. The molecule has 6 heteroatoms. The fraction of sp³-hybridized carbons (Fsp3) is 0.588. The molecular weight excluding hydrogens is 312 g/mol. The number of carbonyl (C=O) groups is 1. The minimum Gasteiger partial charge on any atom is -0.340 e. The second-order valence-corrected chi connectivity index (χ2v) is 8.43. The van der Waals surface area contributed by atoms with E-state index in [1.807, 2.05) is 42.2 Å². The van der Waals surface area contributed by atoms with Crippen molar-refractivity contribution in [2.75, 3.05) is 44.7 Å². The maximum Gasteiger partial charge on any atom is 0.230 e. The maximum absolute atomic E-state index is 12.8. The third-order valence-electron chi connectivity index (χ3n) is 4.37. The lowest BCUT2D eigenvalue weighted by molar-refractivity contribution is -0.134. The highest BCUT2D eigenvalue weighted by Crippen LogP contribution is 2.22. The van der Waals surface area contributed by atoms with Crippen molar-refractivity contribution < 1.29 is 13.2 Å². The number of sulfone groups is 1. The number of piperazine rings is 1. The van der Waals surface area contributed by atoms with Gasteiger partial charge in [-0.05, 0) is 12.0 Å². The Morgan fingerprint density at radius 1 is 1.13 bits per heavy atom. The molecule has 1 aromatic rings. The van der Waals surface area contributed by atoms with Gasteiger partial charge in [0, 0.05) is 39.0 Å². The molecule has 0 saturated carbocycles. The van der Waals surface area contributed by atoms with Crippen molar-refractivity contribution in [1.29, 1.82) is 0 Å². The Hall–Kier alpha value is -1.40. The summed E-state index contributed by atoms with van der Waals surface area (Å²) in [6.45, 7) is 5.42. The highest BCUT2D eigenvalue weighted by Gasteiger charge is 2.27. The molecule has 0 bridgehead atoms. The van der Waals surface area contributed by atoms with Crippen LogP contribution in [0, 0.1) is 0 Å². The van der Waals surface area contributed by atoms with Crippen LogP contribution < -0.4 is 0 Å². The summed E-state index contributed by atoms with van der Waals surface area (Å²) >= 11 is 0. The summed E-state index contributed by atoms with van der Waals surface area (Å²) in [6, 6.07) is 9.91. The van der Waals surface area contributed by atoms with Crippen LogP contribution in [-0.2, 0) is 14.6 Å². The van der Waals surface area contributed by atoms with Crippen molar-refractivity contribution in [1.82, 2.24) is 9.80 Å². The van der Waals surface area contributed by atoms with Gasteiger partial charge in [0.2, 0.25) is 5.91 Å². The van der Waals surface area contributed by atoms with Gasteiger partial charge in [-0.3, -0.25) is 9.69 Å². The van der Waals surface area contributed by atoms with Crippen LogP contribution in [0.3, 0.4) is 0 Å². The highest BCUT2D eigenvalue weighted by atomic mass is 32.2. The molecule has 0 N–H and O–H groups in total. The van der Waals surface area contributed by atoms with Gasteiger partial charge in [-0.2, -0.15) is 0 Å². The zero-order valence-corrected chi connectivity index (χ0v) is 14.8. The lowest BCUT2D eigenvalue weighted by Crippen LogP contribution is -2.50.